The molecule has 0 aliphatic heterocycles. The molecule has 0 bridgehead atoms. The second kappa shape index (κ2) is 8.10. The molecule has 2 heterocycles. The van der Waals surface area contributed by atoms with Gasteiger partial charge in [-0.2, -0.15) is 0 Å². The van der Waals surface area contributed by atoms with E-state index in [1.807, 2.05) is 41.5 Å². The largest absolute Gasteiger partial charge is 0.494 e. The molecule has 0 fully saturated rings. The van der Waals surface area contributed by atoms with Gasteiger partial charge in [0.1, 0.15) is 5.82 Å². The molecule has 0 aliphatic carbocycles. The lowest BCUT2D eigenvalue weighted by Crippen LogP contribution is -2.30. The van der Waals surface area contributed by atoms with Crippen molar-refractivity contribution in [3.8, 4) is 5.75 Å². The first kappa shape index (κ1) is 18.1. The Balaban J connectivity index is 1.86. The lowest BCUT2D eigenvalue weighted by atomic mass is 10.1. The summed E-state index contributed by atoms with van der Waals surface area (Å²) in [6.07, 6.45) is 1.71. The van der Waals surface area contributed by atoms with Crippen molar-refractivity contribution in [1.82, 2.24) is 4.98 Å². The number of anilines is 1. The summed E-state index contributed by atoms with van der Waals surface area (Å²) in [5.41, 5.74) is 1.30. The number of rotatable bonds is 7. The first-order valence-corrected chi connectivity index (χ1v) is 9.02. The molecule has 0 spiro atoms. The van der Waals surface area contributed by atoms with Crippen LogP contribution in [0.4, 0.5) is 10.2 Å². The fourth-order valence-corrected chi connectivity index (χ4v) is 3.43. The van der Waals surface area contributed by atoms with Crippen molar-refractivity contribution < 1.29 is 13.9 Å². The molecule has 0 radical (unpaired) electrons. The zero-order chi connectivity index (χ0) is 18.5. The van der Waals surface area contributed by atoms with E-state index in [4.69, 9.17) is 4.74 Å². The number of halogens is 1. The standard InChI is InChI=1S/C20H19FN2O2S/c1-14-5-3-9-22-20(14)23(12-16-6-4-10-26-16)13-18(24)15-7-8-19(25-2)17(21)11-15/h3-11H,12-13H2,1-2H3. The second-order valence-electron chi connectivity index (χ2n) is 5.85. The molecule has 0 amide bonds. The predicted octanol–water partition coefficient (Wildman–Crippen LogP) is 4.49. The van der Waals surface area contributed by atoms with Crippen LogP contribution in [0.2, 0.25) is 0 Å². The number of carbonyl (C=O) groups is 1. The van der Waals surface area contributed by atoms with Crippen LogP contribution in [0.25, 0.3) is 0 Å². The summed E-state index contributed by atoms with van der Waals surface area (Å²) in [6.45, 7) is 2.64. The van der Waals surface area contributed by atoms with Gasteiger partial charge in [-0.1, -0.05) is 12.1 Å². The van der Waals surface area contributed by atoms with E-state index >= 15 is 0 Å². The molecule has 3 rings (SSSR count). The summed E-state index contributed by atoms with van der Waals surface area (Å²) in [6, 6.07) is 12.1. The van der Waals surface area contributed by atoms with Crippen LogP contribution in [-0.2, 0) is 6.54 Å². The molecule has 0 N–H and O–H groups in total. The average Bonchev–Trinajstić information content (AvgIpc) is 3.14. The normalized spacial score (nSPS) is 10.6. The van der Waals surface area contributed by atoms with Crippen LogP contribution in [0, 0.1) is 12.7 Å². The SMILES string of the molecule is COc1ccc(C(=O)CN(Cc2cccs2)c2ncccc2C)cc1F. The number of nitrogens with zero attached hydrogens (tertiary/aromatic N) is 2. The zero-order valence-electron chi connectivity index (χ0n) is 14.6. The maximum absolute atomic E-state index is 13.9. The lowest BCUT2D eigenvalue weighted by Gasteiger charge is -2.24. The smallest absolute Gasteiger partial charge is 0.182 e. The van der Waals surface area contributed by atoms with Crippen molar-refractivity contribution in [1.29, 1.82) is 0 Å². The molecule has 0 aliphatic rings. The van der Waals surface area contributed by atoms with Crippen molar-refractivity contribution in [2.45, 2.75) is 13.5 Å². The Labute approximate surface area is 155 Å². The van der Waals surface area contributed by atoms with Crippen molar-refractivity contribution in [2.24, 2.45) is 0 Å². The third-order valence-corrected chi connectivity index (χ3v) is 4.88. The number of carbonyl (C=O) groups excluding carboxylic acids is 1. The van der Waals surface area contributed by atoms with Crippen molar-refractivity contribution in [3.63, 3.8) is 0 Å². The predicted molar refractivity (Wildman–Crippen MR) is 102 cm³/mol. The number of ketones is 1. The maximum Gasteiger partial charge on any atom is 0.182 e. The number of pyridine rings is 1. The van der Waals surface area contributed by atoms with E-state index in [2.05, 4.69) is 4.98 Å². The van der Waals surface area contributed by atoms with Gasteiger partial charge in [0, 0.05) is 16.6 Å². The van der Waals surface area contributed by atoms with Crippen LogP contribution in [0.3, 0.4) is 0 Å². The van der Waals surface area contributed by atoms with Gasteiger partial charge in [0.15, 0.2) is 17.3 Å². The highest BCUT2D eigenvalue weighted by atomic mass is 32.1. The van der Waals surface area contributed by atoms with Crippen molar-refractivity contribution in [2.75, 3.05) is 18.6 Å². The van der Waals surface area contributed by atoms with Gasteiger partial charge < -0.3 is 9.64 Å². The van der Waals surface area contributed by atoms with Gasteiger partial charge in [0.05, 0.1) is 20.2 Å². The topological polar surface area (TPSA) is 42.4 Å². The van der Waals surface area contributed by atoms with E-state index < -0.39 is 5.82 Å². The van der Waals surface area contributed by atoms with Gasteiger partial charge in [-0.15, -0.1) is 11.3 Å². The summed E-state index contributed by atoms with van der Waals surface area (Å²) in [7, 11) is 1.40. The number of benzene rings is 1. The zero-order valence-corrected chi connectivity index (χ0v) is 15.4. The summed E-state index contributed by atoms with van der Waals surface area (Å²) in [4.78, 5) is 20.2. The molecule has 0 saturated heterocycles. The second-order valence-corrected chi connectivity index (χ2v) is 6.88. The van der Waals surface area contributed by atoms with Gasteiger partial charge in [-0.25, -0.2) is 9.37 Å². The van der Waals surface area contributed by atoms with Crippen LogP contribution < -0.4 is 9.64 Å². The van der Waals surface area contributed by atoms with Crippen LogP contribution in [0.5, 0.6) is 5.75 Å². The Hall–Kier alpha value is -2.73. The van der Waals surface area contributed by atoms with E-state index in [9.17, 15) is 9.18 Å². The minimum absolute atomic E-state index is 0.113. The number of Topliss-reactive ketones (excluding diaryl/α,β-unsaturated/α-hetero) is 1. The van der Waals surface area contributed by atoms with E-state index in [0.717, 1.165) is 16.3 Å². The summed E-state index contributed by atoms with van der Waals surface area (Å²) in [5, 5.41) is 2.00. The molecule has 26 heavy (non-hydrogen) atoms. The first-order chi connectivity index (χ1) is 12.6. The minimum atomic E-state index is -0.544. The lowest BCUT2D eigenvalue weighted by molar-refractivity contribution is 0.0998. The highest BCUT2D eigenvalue weighted by molar-refractivity contribution is 7.09. The average molecular weight is 370 g/mol. The molecular weight excluding hydrogens is 351 g/mol. The highest BCUT2D eigenvalue weighted by Gasteiger charge is 2.18. The first-order valence-electron chi connectivity index (χ1n) is 8.14. The number of aryl methyl sites for hydroxylation is 1. The third-order valence-electron chi connectivity index (χ3n) is 4.02. The fourth-order valence-electron chi connectivity index (χ4n) is 2.71. The number of aromatic nitrogens is 1. The number of methoxy groups -OCH3 is 1. The Morgan fingerprint density at radius 2 is 2.12 bits per heavy atom. The number of thiophene rings is 1. The molecule has 0 unspecified atom stereocenters. The Bertz CT molecular complexity index is 897. The van der Waals surface area contributed by atoms with Gasteiger partial charge in [-0.05, 0) is 48.2 Å². The Morgan fingerprint density at radius 1 is 1.27 bits per heavy atom. The molecule has 134 valence electrons. The Morgan fingerprint density at radius 3 is 2.77 bits per heavy atom. The monoisotopic (exact) mass is 370 g/mol. The molecule has 0 saturated carbocycles. The molecule has 2 aromatic heterocycles. The van der Waals surface area contributed by atoms with Crippen LogP contribution in [-0.4, -0.2) is 24.4 Å². The summed E-state index contributed by atoms with van der Waals surface area (Å²) in [5.74, 6) is 0.158. The van der Waals surface area contributed by atoms with Crippen molar-refractivity contribution >= 4 is 22.9 Å². The van der Waals surface area contributed by atoms with E-state index in [1.54, 1.807) is 23.6 Å². The summed E-state index contributed by atoms with van der Waals surface area (Å²) >= 11 is 1.62. The third kappa shape index (κ3) is 4.08. The highest BCUT2D eigenvalue weighted by Crippen LogP contribution is 2.23. The molecule has 0 atom stereocenters. The van der Waals surface area contributed by atoms with E-state index in [0.29, 0.717) is 12.1 Å². The molecule has 4 nitrogen and oxygen atoms in total. The van der Waals surface area contributed by atoms with Crippen LogP contribution in [0.15, 0.2) is 54.0 Å². The molecular formula is C20H19FN2O2S. The van der Waals surface area contributed by atoms with Crippen LogP contribution in [0.1, 0.15) is 20.8 Å². The quantitative estimate of drug-likeness (QED) is 0.575. The minimum Gasteiger partial charge on any atom is -0.494 e. The van der Waals surface area contributed by atoms with Crippen molar-refractivity contribution in [3.05, 3.63) is 75.9 Å². The van der Waals surface area contributed by atoms with Gasteiger partial charge in [0.25, 0.3) is 0 Å². The number of ether oxygens (including phenoxy) is 1. The number of hydrogen-bond acceptors (Lipinski definition) is 5. The summed E-state index contributed by atoms with van der Waals surface area (Å²) < 4.78 is 18.8. The Kier molecular flexibility index (Phi) is 5.63. The van der Waals surface area contributed by atoms with Gasteiger partial charge >= 0.3 is 0 Å². The maximum atomic E-state index is 13.9. The van der Waals surface area contributed by atoms with Crippen LogP contribution >= 0.6 is 11.3 Å². The molecule has 1 aromatic carbocycles. The van der Waals surface area contributed by atoms with Gasteiger partial charge in [0.2, 0.25) is 0 Å². The molecule has 3 aromatic rings. The van der Waals surface area contributed by atoms with E-state index in [1.165, 1.54) is 19.2 Å². The fraction of sp³-hybridized carbons (Fsp3) is 0.200. The number of hydrogen-bond donors (Lipinski definition) is 0. The van der Waals surface area contributed by atoms with E-state index in [-0.39, 0.29) is 18.1 Å². The van der Waals surface area contributed by atoms with Gasteiger partial charge in [-0.3, -0.25) is 4.79 Å². The molecule has 6 heteroatoms.